The van der Waals surface area contributed by atoms with Crippen LogP contribution in [0.15, 0.2) is 12.1 Å². The third-order valence-electron chi connectivity index (χ3n) is 3.96. The fourth-order valence-corrected chi connectivity index (χ4v) is 4.00. The largest absolute Gasteiger partial charge is 0.379 e. The lowest BCUT2D eigenvalue weighted by Gasteiger charge is -2.34. The van der Waals surface area contributed by atoms with Crippen LogP contribution in [-0.4, -0.2) is 13.2 Å². The number of thiophene rings is 1. The molecule has 0 spiro atoms. The number of aryl methyl sites for hydroxylation is 1. The summed E-state index contributed by atoms with van der Waals surface area (Å²) >= 11 is 1.81. The van der Waals surface area contributed by atoms with Crippen LogP contribution in [0.3, 0.4) is 0 Å². The lowest BCUT2D eigenvalue weighted by Crippen LogP contribution is -2.41. The van der Waals surface area contributed by atoms with Gasteiger partial charge >= 0.3 is 0 Å². The van der Waals surface area contributed by atoms with E-state index in [9.17, 15) is 0 Å². The highest BCUT2D eigenvalue weighted by molar-refractivity contribution is 7.12. The molecule has 0 aliphatic heterocycles. The van der Waals surface area contributed by atoms with Crippen molar-refractivity contribution in [1.29, 1.82) is 0 Å². The van der Waals surface area contributed by atoms with Gasteiger partial charge in [0.05, 0.1) is 12.1 Å². The Balaban J connectivity index is 2.12. The molecular formula is C14H24N2OS. The van der Waals surface area contributed by atoms with E-state index in [1.807, 2.05) is 7.11 Å². The van der Waals surface area contributed by atoms with Crippen molar-refractivity contribution >= 4 is 11.3 Å². The van der Waals surface area contributed by atoms with Crippen molar-refractivity contribution in [2.24, 2.45) is 11.8 Å². The van der Waals surface area contributed by atoms with E-state index in [1.54, 1.807) is 11.3 Å². The molecule has 0 radical (unpaired) electrons. The first-order chi connectivity index (χ1) is 8.76. The third kappa shape index (κ3) is 3.12. The van der Waals surface area contributed by atoms with Crippen LogP contribution >= 0.6 is 11.3 Å². The Bertz CT molecular complexity index is 360. The summed E-state index contributed by atoms with van der Waals surface area (Å²) in [6.45, 7) is 2.13. The Morgan fingerprint density at radius 2 is 2.06 bits per heavy atom. The molecule has 0 bridgehead atoms. The smallest absolute Gasteiger partial charge is 0.0817 e. The van der Waals surface area contributed by atoms with E-state index in [1.165, 1.54) is 41.9 Å². The number of hydrazine groups is 1. The van der Waals surface area contributed by atoms with Crippen molar-refractivity contribution < 1.29 is 4.74 Å². The Morgan fingerprint density at radius 1 is 1.33 bits per heavy atom. The summed E-state index contributed by atoms with van der Waals surface area (Å²) in [6, 6.07) is 4.44. The van der Waals surface area contributed by atoms with Gasteiger partial charge in [0.1, 0.15) is 0 Å². The number of ether oxygens (including phenoxy) is 1. The second-order valence-electron chi connectivity index (χ2n) is 5.19. The van der Waals surface area contributed by atoms with Gasteiger partial charge in [-0.1, -0.05) is 19.3 Å². The molecule has 1 aliphatic carbocycles. The maximum absolute atomic E-state index is 5.77. The molecule has 1 saturated carbocycles. The number of nitrogens with two attached hydrogens (primary N) is 1. The molecule has 1 aromatic heterocycles. The van der Waals surface area contributed by atoms with Crippen LogP contribution in [0, 0.1) is 12.8 Å². The molecule has 4 heteroatoms. The second kappa shape index (κ2) is 6.66. The van der Waals surface area contributed by atoms with Gasteiger partial charge in [0.2, 0.25) is 0 Å². The summed E-state index contributed by atoms with van der Waals surface area (Å²) in [5.41, 5.74) is 2.97. The van der Waals surface area contributed by atoms with E-state index in [0.29, 0.717) is 5.92 Å². The standard InChI is InChI=1S/C14H24N2OS/c1-10-8-9-12(18-10)13(16-15)14(17-2)11-6-4-3-5-7-11/h8-9,11,13-14,16H,3-7,15H2,1-2H3. The van der Waals surface area contributed by atoms with Crippen molar-refractivity contribution in [2.45, 2.75) is 51.2 Å². The maximum Gasteiger partial charge on any atom is 0.0817 e. The molecule has 0 saturated heterocycles. The van der Waals surface area contributed by atoms with Crippen LogP contribution in [0.5, 0.6) is 0 Å². The Hall–Kier alpha value is -0.420. The lowest BCUT2D eigenvalue weighted by atomic mass is 9.82. The Morgan fingerprint density at radius 3 is 2.56 bits per heavy atom. The van der Waals surface area contributed by atoms with E-state index in [2.05, 4.69) is 24.5 Å². The van der Waals surface area contributed by atoms with Gasteiger partial charge in [-0.2, -0.15) is 0 Å². The van der Waals surface area contributed by atoms with Crippen molar-refractivity contribution in [2.75, 3.05) is 7.11 Å². The SMILES string of the molecule is COC(C1CCCCC1)C(NN)c1ccc(C)s1. The molecule has 2 atom stereocenters. The highest BCUT2D eigenvalue weighted by atomic mass is 32.1. The minimum Gasteiger partial charge on any atom is -0.379 e. The predicted octanol–water partition coefficient (Wildman–Crippen LogP) is 3.16. The summed E-state index contributed by atoms with van der Waals surface area (Å²) in [5, 5.41) is 0. The van der Waals surface area contributed by atoms with E-state index in [4.69, 9.17) is 10.6 Å². The third-order valence-corrected chi connectivity index (χ3v) is 5.05. The lowest BCUT2D eigenvalue weighted by molar-refractivity contribution is 0.00838. The minimum atomic E-state index is 0.122. The summed E-state index contributed by atoms with van der Waals surface area (Å²) in [6.07, 6.45) is 6.73. The van der Waals surface area contributed by atoms with Gasteiger partial charge in [0, 0.05) is 16.9 Å². The molecule has 1 heterocycles. The predicted molar refractivity (Wildman–Crippen MR) is 76.5 cm³/mol. The molecule has 3 nitrogen and oxygen atoms in total. The van der Waals surface area contributed by atoms with Gasteiger partial charge < -0.3 is 4.74 Å². The average Bonchev–Trinajstić information content (AvgIpc) is 2.83. The average molecular weight is 268 g/mol. The number of rotatable bonds is 5. The summed E-state index contributed by atoms with van der Waals surface area (Å²) < 4.78 is 5.77. The van der Waals surface area contributed by atoms with E-state index < -0.39 is 0 Å². The highest BCUT2D eigenvalue weighted by Gasteiger charge is 2.31. The molecule has 1 aromatic rings. The molecule has 1 fully saturated rings. The normalized spacial score (nSPS) is 20.8. The van der Waals surface area contributed by atoms with Crippen LogP contribution < -0.4 is 11.3 Å². The summed E-state index contributed by atoms with van der Waals surface area (Å²) in [5.74, 6) is 6.41. The first-order valence-electron chi connectivity index (χ1n) is 6.81. The second-order valence-corrected chi connectivity index (χ2v) is 6.51. The summed E-state index contributed by atoms with van der Waals surface area (Å²) in [7, 11) is 1.81. The van der Waals surface area contributed by atoms with Crippen LogP contribution in [0.25, 0.3) is 0 Å². The van der Waals surface area contributed by atoms with Crippen molar-refractivity contribution in [3.63, 3.8) is 0 Å². The number of hydrogen-bond acceptors (Lipinski definition) is 4. The Labute approximate surface area is 114 Å². The Kier molecular flexibility index (Phi) is 5.18. The van der Waals surface area contributed by atoms with E-state index >= 15 is 0 Å². The molecule has 0 amide bonds. The van der Waals surface area contributed by atoms with E-state index in [0.717, 1.165) is 0 Å². The zero-order valence-electron chi connectivity index (χ0n) is 11.3. The van der Waals surface area contributed by atoms with E-state index in [-0.39, 0.29) is 12.1 Å². The van der Waals surface area contributed by atoms with Crippen LogP contribution in [0.1, 0.15) is 47.9 Å². The fraction of sp³-hybridized carbons (Fsp3) is 0.714. The zero-order chi connectivity index (χ0) is 13.0. The number of hydrogen-bond donors (Lipinski definition) is 2. The van der Waals surface area contributed by atoms with Gasteiger partial charge in [-0.15, -0.1) is 11.3 Å². The topological polar surface area (TPSA) is 47.3 Å². The first kappa shape index (κ1) is 14.0. The number of methoxy groups -OCH3 is 1. The monoisotopic (exact) mass is 268 g/mol. The van der Waals surface area contributed by atoms with Crippen molar-refractivity contribution in [3.05, 3.63) is 21.9 Å². The molecular weight excluding hydrogens is 244 g/mol. The minimum absolute atomic E-state index is 0.122. The molecule has 18 heavy (non-hydrogen) atoms. The maximum atomic E-state index is 5.77. The van der Waals surface area contributed by atoms with Crippen LogP contribution in [-0.2, 0) is 4.74 Å². The number of nitrogens with one attached hydrogen (secondary N) is 1. The molecule has 1 aliphatic rings. The highest BCUT2D eigenvalue weighted by Crippen LogP contribution is 2.35. The molecule has 3 N–H and O–H groups in total. The van der Waals surface area contributed by atoms with Crippen molar-refractivity contribution in [3.8, 4) is 0 Å². The quantitative estimate of drug-likeness (QED) is 0.637. The molecule has 2 unspecified atom stereocenters. The van der Waals surface area contributed by atoms with Crippen LogP contribution in [0.2, 0.25) is 0 Å². The van der Waals surface area contributed by atoms with Crippen molar-refractivity contribution in [1.82, 2.24) is 5.43 Å². The summed E-state index contributed by atoms with van der Waals surface area (Å²) in [4.78, 5) is 2.61. The fourth-order valence-electron chi connectivity index (χ4n) is 3.02. The van der Waals surface area contributed by atoms with Gasteiger partial charge in [-0.25, -0.2) is 5.43 Å². The molecule has 2 rings (SSSR count). The first-order valence-corrected chi connectivity index (χ1v) is 7.63. The van der Waals surface area contributed by atoms with Gasteiger partial charge in [0.15, 0.2) is 0 Å². The molecule has 0 aromatic carbocycles. The van der Waals surface area contributed by atoms with Gasteiger partial charge in [-0.05, 0) is 37.8 Å². The molecule has 102 valence electrons. The van der Waals surface area contributed by atoms with Crippen LogP contribution in [0.4, 0.5) is 0 Å². The van der Waals surface area contributed by atoms with Gasteiger partial charge in [-0.3, -0.25) is 5.84 Å². The zero-order valence-corrected chi connectivity index (χ0v) is 12.1. The van der Waals surface area contributed by atoms with Gasteiger partial charge in [0.25, 0.3) is 0 Å².